The van der Waals surface area contributed by atoms with Crippen molar-refractivity contribution in [2.24, 2.45) is 12.0 Å². The Hall–Kier alpha value is -2.90. The first-order chi connectivity index (χ1) is 12.5. The molecule has 1 heterocycles. The number of ether oxygens (including phenoxy) is 1. The van der Waals surface area contributed by atoms with E-state index in [1.807, 2.05) is 25.5 Å². The predicted molar refractivity (Wildman–Crippen MR) is 99.6 cm³/mol. The molecule has 2 rings (SSSR count). The van der Waals surface area contributed by atoms with Crippen molar-refractivity contribution in [2.75, 3.05) is 13.1 Å². The molecule has 0 saturated heterocycles. The summed E-state index contributed by atoms with van der Waals surface area (Å²) in [6.45, 7) is 8.83. The van der Waals surface area contributed by atoms with Gasteiger partial charge in [0.05, 0.1) is 6.54 Å². The Bertz CT molecular complexity index is 758. The van der Waals surface area contributed by atoms with Gasteiger partial charge in [0.15, 0.2) is 23.4 Å². The third-order valence-corrected chi connectivity index (χ3v) is 3.70. The van der Waals surface area contributed by atoms with Crippen molar-refractivity contribution in [3.05, 3.63) is 54.4 Å². The van der Waals surface area contributed by atoms with Crippen LogP contribution in [0.2, 0.25) is 0 Å². The number of para-hydroxylation sites is 1. The fraction of sp³-hybridized carbons (Fsp3) is 0.389. The van der Waals surface area contributed by atoms with Crippen molar-refractivity contribution in [3.63, 3.8) is 0 Å². The lowest BCUT2D eigenvalue weighted by Crippen LogP contribution is -2.42. The van der Waals surface area contributed by atoms with Gasteiger partial charge in [-0.05, 0) is 26.0 Å². The first kappa shape index (κ1) is 19.4. The number of hydrogen-bond acceptors (Lipinski definition) is 4. The SMILES string of the molecule is C=CCNC(=NCc1nnc(C)n1C)NCC(C)Oc1ccccc1F. The van der Waals surface area contributed by atoms with Gasteiger partial charge >= 0.3 is 0 Å². The minimum absolute atomic E-state index is 0.230. The van der Waals surface area contributed by atoms with E-state index >= 15 is 0 Å². The van der Waals surface area contributed by atoms with E-state index in [1.54, 1.807) is 24.3 Å². The minimum Gasteiger partial charge on any atom is -0.486 e. The number of aromatic nitrogens is 3. The molecule has 1 atom stereocenters. The lowest BCUT2D eigenvalue weighted by atomic mass is 10.3. The highest BCUT2D eigenvalue weighted by molar-refractivity contribution is 5.79. The molecule has 0 radical (unpaired) electrons. The van der Waals surface area contributed by atoms with Crippen LogP contribution in [0.15, 0.2) is 41.9 Å². The molecule has 1 aromatic heterocycles. The molecule has 0 bridgehead atoms. The normalized spacial score (nSPS) is 12.5. The van der Waals surface area contributed by atoms with E-state index in [9.17, 15) is 4.39 Å². The molecule has 0 aliphatic heterocycles. The third kappa shape index (κ3) is 5.58. The molecule has 1 aromatic carbocycles. The lowest BCUT2D eigenvalue weighted by Gasteiger charge is -2.18. The van der Waals surface area contributed by atoms with Gasteiger partial charge in [0.2, 0.25) is 0 Å². The van der Waals surface area contributed by atoms with Crippen molar-refractivity contribution in [1.29, 1.82) is 0 Å². The van der Waals surface area contributed by atoms with Crippen LogP contribution in [0.5, 0.6) is 5.75 Å². The molecule has 8 heteroatoms. The molecular weight excluding hydrogens is 335 g/mol. The van der Waals surface area contributed by atoms with Crippen LogP contribution >= 0.6 is 0 Å². The van der Waals surface area contributed by atoms with E-state index in [4.69, 9.17) is 4.74 Å². The number of aryl methyl sites for hydroxylation is 1. The largest absolute Gasteiger partial charge is 0.486 e. The molecule has 0 saturated carbocycles. The quantitative estimate of drug-likeness (QED) is 0.427. The number of hydrogen-bond donors (Lipinski definition) is 2. The van der Waals surface area contributed by atoms with Crippen LogP contribution in [0.4, 0.5) is 4.39 Å². The van der Waals surface area contributed by atoms with Crippen LogP contribution in [-0.4, -0.2) is 39.9 Å². The van der Waals surface area contributed by atoms with Gasteiger partial charge < -0.3 is 19.9 Å². The second kappa shape index (κ2) is 9.55. The van der Waals surface area contributed by atoms with Crippen LogP contribution < -0.4 is 15.4 Å². The number of halogens is 1. The van der Waals surface area contributed by atoms with Gasteiger partial charge in [-0.15, -0.1) is 16.8 Å². The summed E-state index contributed by atoms with van der Waals surface area (Å²) in [7, 11) is 1.90. The molecule has 0 amide bonds. The van der Waals surface area contributed by atoms with Crippen molar-refractivity contribution in [3.8, 4) is 5.75 Å². The number of nitrogens with zero attached hydrogens (tertiary/aromatic N) is 4. The third-order valence-electron chi connectivity index (χ3n) is 3.70. The van der Waals surface area contributed by atoms with Gasteiger partial charge in [-0.25, -0.2) is 9.38 Å². The fourth-order valence-electron chi connectivity index (χ4n) is 2.12. The summed E-state index contributed by atoms with van der Waals surface area (Å²) in [6.07, 6.45) is 1.49. The number of nitrogens with one attached hydrogen (secondary N) is 2. The van der Waals surface area contributed by atoms with Crippen molar-refractivity contribution < 1.29 is 9.13 Å². The summed E-state index contributed by atoms with van der Waals surface area (Å²) in [5, 5.41) is 14.4. The van der Waals surface area contributed by atoms with Gasteiger partial charge in [0.25, 0.3) is 0 Å². The summed E-state index contributed by atoms with van der Waals surface area (Å²) in [5.74, 6) is 2.03. The Labute approximate surface area is 153 Å². The summed E-state index contributed by atoms with van der Waals surface area (Å²) in [6, 6.07) is 6.34. The first-order valence-electron chi connectivity index (χ1n) is 8.40. The maximum atomic E-state index is 13.7. The Morgan fingerprint density at radius 1 is 1.38 bits per heavy atom. The zero-order chi connectivity index (χ0) is 18.9. The molecule has 140 valence electrons. The average Bonchev–Trinajstić information content (AvgIpc) is 2.95. The van der Waals surface area contributed by atoms with Crippen molar-refractivity contribution >= 4 is 5.96 Å². The van der Waals surface area contributed by atoms with Gasteiger partial charge in [-0.2, -0.15) is 0 Å². The molecule has 0 fully saturated rings. The molecule has 0 aliphatic rings. The van der Waals surface area contributed by atoms with Crippen LogP contribution in [0.25, 0.3) is 0 Å². The Morgan fingerprint density at radius 3 is 2.81 bits per heavy atom. The highest BCUT2D eigenvalue weighted by Crippen LogP contribution is 2.16. The molecule has 26 heavy (non-hydrogen) atoms. The zero-order valence-electron chi connectivity index (χ0n) is 15.4. The average molecular weight is 360 g/mol. The molecule has 1 unspecified atom stereocenters. The van der Waals surface area contributed by atoms with Gasteiger partial charge in [0, 0.05) is 13.6 Å². The first-order valence-corrected chi connectivity index (χ1v) is 8.40. The highest BCUT2D eigenvalue weighted by atomic mass is 19.1. The standard InChI is InChI=1S/C18H25FN6O/c1-5-10-20-18(22-12-17-24-23-14(3)25(17)4)21-11-13(2)26-16-9-7-6-8-15(16)19/h5-9,13H,1,10-12H2,2-4H3,(H2,20,21,22). The maximum Gasteiger partial charge on any atom is 0.192 e. The van der Waals surface area contributed by atoms with Crippen LogP contribution in [0.3, 0.4) is 0 Å². The van der Waals surface area contributed by atoms with Crippen molar-refractivity contribution in [2.45, 2.75) is 26.5 Å². The van der Waals surface area contributed by atoms with E-state index in [2.05, 4.69) is 32.4 Å². The zero-order valence-corrected chi connectivity index (χ0v) is 15.4. The fourth-order valence-corrected chi connectivity index (χ4v) is 2.12. The van der Waals surface area contributed by atoms with E-state index < -0.39 is 0 Å². The van der Waals surface area contributed by atoms with Crippen LogP contribution in [0.1, 0.15) is 18.6 Å². The summed E-state index contributed by atoms with van der Waals surface area (Å²) < 4.78 is 21.2. The van der Waals surface area contributed by atoms with E-state index in [0.717, 1.165) is 11.6 Å². The molecule has 0 aliphatic carbocycles. The van der Waals surface area contributed by atoms with E-state index in [-0.39, 0.29) is 17.7 Å². The lowest BCUT2D eigenvalue weighted by molar-refractivity contribution is 0.214. The topological polar surface area (TPSA) is 76.4 Å². The minimum atomic E-state index is -0.379. The molecule has 0 spiro atoms. The Kier molecular flexibility index (Phi) is 7.13. The second-order valence-corrected chi connectivity index (χ2v) is 5.80. The van der Waals surface area contributed by atoms with Crippen molar-refractivity contribution in [1.82, 2.24) is 25.4 Å². The van der Waals surface area contributed by atoms with Gasteiger partial charge in [-0.1, -0.05) is 18.2 Å². The van der Waals surface area contributed by atoms with E-state index in [0.29, 0.717) is 25.6 Å². The van der Waals surface area contributed by atoms with Gasteiger partial charge in [0.1, 0.15) is 18.5 Å². The highest BCUT2D eigenvalue weighted by Gasteiger charge is 2.09. The Balaban J connectivity index is 1.94. The number of guanidine groups is 1. The molecule has 7 nitrogen and oxygen atoms in total. The van der Waals surface area contributed by atoms with Gasteiger partial charge in [-0.3, -0.25) is 0 Å². The number of rotatable bonds is 8. The summed E-state index contributed by atoms with van der Waals surface area (Å²) >= 11 is 0. The Morgan fingerprint density at radius 2 is 2.15 bits per heavy atom. The maximum absolute atomic E-state index is 13.7. The molecule has 2 aromatic rings. The summed E-state index contributed by atoms with van der Waals surface area (Å²) in [5.41, 5.74) is 0. The second-order valence-electron chi connectivity index (χ2n) is 5.80. The monoisotopic (exact) mass is 360 g/mol. The van der Waals surface area contributed by atoms with Crippen LogP contribution in [-0.2, 0) is 13.6 Å². The molecular formula is C18H25FN6O. The van der Waals surface area contributed by atoms with Crippen LogP contribution in [0, 0.1) is 12.7 Å². The molecule has 2 N–H and O–H groups in total. The smallest absolute Gasteiger partial charge is 0.192 e. The van der Waals surface area contributed by atoms with E-state index in [1.165, 1.54) is 6.07 Å². The number of benzene rings is 1. The number of aliphatic imine (C=N–C) groups is 1. The predicted octanol–water partition coefficient (Wildman–Crippen LogP) is 1.95. The summed E-state index contributed by atoms with van der Waals surface area (Å²) in [4.78, 5) is 4.50.